The first-order valence-electron chi connectivity index (χ1n) is 7.22. The SMILES string of the molecule is COC(CNC(=O)C(=O)Nc1ccc(C)c(C)c1)c1ccsc1. The van der Waals surface area contributed by atoms with Crippen molar-refractivity contribution in [1.82, 2.24) is 5.32 Å². The van der Waals surface area contributed by atoms with Gasteiger partial charge in [0.05, 0.1) is 0 Å². The molecule has 0 fully saturated rings. The second kappa shape index (κ2) is 7.89. The van der Waals surface area contributed by atoms with Crippen LogP contribution in [0.2, 0.25) is 0 Å². The zero-order chi connectivity index (χ0) is 16.8. The lowest BCUT2D eigenvalue weighted by Gasteiger charge is -2.15. The second-order valence-corrected chi connectivity index (χ2v) is 6.02. The van der Waals surface area contributed by atoms with Gasteiger partial charge < -0.3 is 15.4 Å². The molecule has 1 heterocycles. The van der Waals surface area contributed by atoms with Crippen LogP contribution >= 0.6 is 11.3 Å². The Labute approximate surface area is 139 Å². The molecule has 6 heteroatoms. The normalized spacial score (nSPS) is 11.8. The summed E-state index contributed by atoms with van der Waals surface area (Å²) in [5.74, 6) is -1.37. The Hall–Kier alpha value is -2.18. The van der Waals surface area contributed by atoms with Crippen molar-refractivity contribution in [2.24, 2.45) is 0 Å². The van der Waals surface area contributed by atoms with E-state index in [2.05, 4.69) is 10.6 Å². The van der Waals surface area contributed by atoms with Gasteiger partial charge >= 0.3 is 11.8 Å². The maximum atomic E-state index is 11.9. The average Bonchev–Trinajstić information content (AvgIpc) is 3.05. The summed E-state index contributed by atoms with van der Waals surface area (Å²) < 4.78 is 5.33. The third-order valence-corrected chi connectivity index (χ3v) is 4.32. The molecule has 0 aliphatic carbocycles. The molecular weight excluding hydrogens is 312 g/mol. The number of ether oxygens (including phenoxy) is 1. The van der Waals surface area contributed by atoms with Crippen LogP contribution in [0.5, 0.6) is 0 Å². The number of carbonyl (C=O) groups excluding carboxylic acids is 2. The van der Waals surface area contributed by atoms with Gasteiger partial charge in [-0.3, -0.25) is 9.59 Å². The predicted octanol–water partition coefficient (Wildman–Crippen LogP) is 2.81. The van der Waals surface area contributed by atoms with Crippen molar-refractivity contribution in [2.75, 3.05) is 19.0 Å². The molecule has 0 aliphatic rings. The van der Waals surface area contributed by atoms with Crippen LogP contribution in [-0.2, 0) is 14.3 Å². The highest BCUT2D eigenvalue weighted by Gasteiger charge is 2.17. The number of methoxy groups -OCH3 is 1. The van der Waals surface area contributed by atoms with Gasteiger partial charge in [-0.15, -0.1) is 0 Å². The number of anilines is 1. The summed E-state index contributed by atoms with van der Waals surface area (Å²) in [5.41, 5.74) is 3.77. The lowest BCUT2D eigenvalue weighted by molar-refractivity contribution is -0.136. The van der Waals surface area contributed by atoms with E-state index in [4.69, 9.17) is 4.74 Å². The Bertz CT molecular complexity index is 683. The zero-order valence-electron chi connectivity index (χ0n) is 13.4. The zero-order valence-corrected chi connectivity index (χ0v) is 14.2. The van der Waals surface area contributed by atoms with Gasteiger partial charge in [0.25, 0.3) is 0 Å². The van der Waals surface area contributed by atoms with Crippen molar-refractivity contribution in [3.63, 3.8) is 0 Å². The lowest BCUT2D eigenvalue weighted by atomic mass is 10.1. The van der Waals surface area contributed by atoms with E-state index in [0.29, 0.717) is 5.69 Å². The van der Waals surface area contributed by atoms with Crippen molar-refractivity contribution in [1.29, 1.82) is 0 Å². The first kappa shape index (κ1) is 17.2. The van der Waals surface area contributed by atoms with E-state index in [9.17, 15) is 9.59 Å². The highest BCUT2D eigenvalue weighted by Crippen LogP contribution is 2.18. The molecule has 23 heavy (non-hydrogen) atoms. The first-order chi connectivity index (χ1) is 11.0. The molecule has 1 unspecified atom stereocenters. The van der Waals surface area contributed by atoms with Gasteiger partial charge in [-0.05, 0) is 59.5 Å². The fourth-order valence-electron chi connectivity index (χ4n) is 2.07. The summed E-state index contributed by atoms with van der Waals surface area (Å²) >= 11 is 1.56. The lowest BCUT2D eigenvalue weighted by Crippen LogP contribution is -2.37. The van der Waals surface area contributed by atoms with Crippen molar-refractivity contribution in [3.8, 4) is 0 Å². The van der Waals surface area contributed by atoms with E-state index >= 15 is 0 Å². The molecule has 2 aromatic rings. The van der Waals surface area contributed by atoms with E-state index in [1.54, 1.807) is 24.5 Å². The fourth-order valence-corrected chi connectivity index (χ4v) is 2.77. The van der Waals surface area contributed by atoms with Gasteiger partial charge in [-0.1, -0.05) is 6.07 Å². The van der Waals surface area contributed by atoms with E-state index in [1.807, 2.05) is 42.8 Å². The predicted molar refractivity (Wildman–Crippen MR) is 91.6 cm³/mol. The number of aryl methyl sites for hydroxylation is 2. The maximum Gasteiger partial charge on any atom is 0.313 e. The summed E-state index contributed by atoms with van der Waals surface area (Å²) in [4.78, 5) is 23.8. The van der Waals surface area contributed by atoms with Crippen LogP contribution in [0, 0.1) is 13.8 Å². The molecule has 0 bridgehead atoms. The Balaban J connectivity index is 1.89. The van der Waals surface area contributed by atoms with Crippen LogP contribution in [0.4, 0.5) is 5.69 Å². The Morgan fingerprint density at radius 1 is 1.17 bits per heavy atom. The molecule has 2 amide bonds. The van der Waals surface area contributed by atoms with Crippen LogP contribution in [0.1, 0.15) is 22.8 Å². The molecule has 1 atom stereocenters. The van der Waals surface area contributed by atoms with Crippen molar-refractivity contribution in [2.45, 2.75) is 20.0 Å². The Kier molecular flexibility index (Phi) is 5.90. The van der Waals surface area contributed by atoms with E-state index in [1.165, 1.54) is 0 Å². The molecule has 0 saturated carbocycles. The van der Waals surface area contributed by atoms with Gasteiger partial charge in [0.15, 0.2) is 0 Å². The molecule has 1 aromatic heterocycles. The van der Waals surface area contributed by atoms with E-state index < -0.39 is 11.8 Å². The number of benzene rings is 1. The molecular formula is C17H20N2O3S. The monoisotopic (exact) mass is 332 g/mol. The van der Waals surface area contributed by atoms with Crippen LogP contribution in [-0.4, -0.2) is 25.5 Å². The molecule has 0 aliphatic heterocycles. The summed E-state index contributed by atoms with van der Waals surface area (Å²) in [6, 6.07) is 7.45. The van der Waals surface area contributed by atoms with E-state index in [-0.39, 0.29) is 12.6 Å². The van der Waals surface area contributed by atoms with Crippen LogP contribution in [0.15, 0.2) is 35.0 Å². The standard InChI is InChI=1S/C17H20N2O3S/c1-11-4-5-14(8-12(11)2)19-17(21)16(20)18-9-15(22-3)13-6-7-23-10-13/h4-8,10,15H,9H2,1-3H3,(H,18,20)(H,19,21). The number of carbonyl (C=O) groups is 2. The average molecular weight is 332 g/mol. The Morgan fingerprint density at radius 2 is 1.96 bits per heavy atom. The molecule has 1 aromatic carbocycles. The minimum atomic E-state index is -0.687. The smallest absolute Gasteiger partial charge is 0.313 e. The number of hydrogen-bond acceptors (Lipinski definition) is 4. The van der Waals surface area contributed by atoms with Crippen LogP contribution < -0.4 is 10.6 Å². The Morgan fingerprint density at radius 3 is 2.57 bits per heavy atom. The van der Waals surface area contributed by atoms with E-state index in [0.717, 1.165) is 16.7 Å². The maximum absolute atomic E-state index is 11.9. The molecule has 5 nitrogen and oxygen atoms in total. The third kappa shape index (κ3) is 4.64. The summed E-state index contributed by atoms with van der Waals surface area (Å²) in [7, 11) is 1.57. The number of amides is 2. The van der Waals surface area contributed by atoms with Crippen molar-refractivity contribution < 1.29 is 14.3 Å². The minimum absolute atomic E-state index is 0.242. The molecule has 2 rings (SSSR count). The van der Waals surface area contributed by atoms with Gasteiger partial charge in [0.2, 0.25) is 0 Å². The first-order valence-corrected chi connectivity index (χ1v) is 8.17. The molecule has 2 N–H and O–H groups in total. The number of rotatable bonds is 5. The fraction of sp³-hybridized carbons (Fsp3) is 0.294. The molecule has 0 spiro atoms. The number of thiophene rings is 1. The topological polar surface area (TPSA) is 67.4 Å². The molecule has 0 radical (unpaired) electrons. The summed E-state index contributed by atoms with van der Waals surface area (Å²) in [6.45, 7) is 4.19. The van der Waals surface area contributed by atoms with Gasteiger partial charge in [0.1, 0.15) is 6.10 Å². The number of hydrogen-bond donors (Lipinski definition) is 2. The number of nitrogens with one attached hydrogen (secondary N) is 2. The van der Waals surface area contributed by atoms with Crippen molar-refractivity contribution >= 4 is 28.8 Å². The largest absolute Gasteiger partial charge is 0.375 e. The molecule has 0 saturated heterocycles. The van der Waals surface area contributed by atoms with Gasteiger partial charge in [0, 0.05) is 19.3 Å². The van der Waals surface area contributed by atoms with Crippen molar-refractivity contribution in [3.05, 3.63) is 51.7 Å². The highest BCUT2D eigenvalue weighted by atomic mass is 32.1. The van der Waals surface area contributed by atoms with Crippen LogP contribution in [0.3, 0.4) is 0 Å². The summed E-state index contributed by atoms with van der Waals surface area (Å²) in [5, 5.41) is 9.09. The van der Waals surface area contributed by atoms with Crippen LogP contribution in [0.25, 0.3) is 0 Å². The second-order valence-electron chi connectivity index (χ2n) is 5.24. The summed E-state index contributed by atoms with van der Waals surface area (Å²) in [6.07, 6.45) is -0.264. The van der Waals surface area contributed by atoms with Gasteiger partial charge in [-0.25, -0.2) is 0 Å². The highest BCUT2D eigenvalue weighted by molar-refractivity contribution is 7.07. The van der Waals surface area contributed by atoms with Gasteiger partial charge in [-0.2, -0.15) is 11.3 Å². The third-order valence-electron chi connectivity index (χ3n) is 3.62. The minimum Gasteiger partial charge on any atom is -0.375 e. The quantitative estimate of drug-likeness (QED) is 0.827. The molecule has 122 valence electrons.